The fourth-order valence-electron chi connectivity index (χ4n) is 1.49. The largest absolute Gasteiger partial charge is 0.228 e. The molecule has 0 aliphatic heterocycles. The summed E-state index contributed by atoms with van der Waals surface area (Å²) >= 11 is 3.27. The van der Waals surface area contributed by atoms with Crippen molar-refractivity contribution in [2.45, 2.75) is 6.92 Å². The van der Waals surface area contributed by atoms with Crippen molar-refractivity contribution in [1.82, 2.24) is 4.98 Å². The van der Waals surface area contributed by atoms with Gasteiger partial charge in [-0.05, 0) is 19.1 Å². The summed E-state index contributed by atoms with van der Waals surface area (Å²) in [6.07, 6.45) is 1.11. The standard InChI is InChI=1S/C12H8BrF2N/c1-7-2-3-9(13)8(6-7)11-10(14)4-5-16-12(11)15/h2-6H,1H3. The molecule has 1 heterocycles. The second-order valence-corrected chi connectivity index (χ2v) is 4.30. The van der Waals surface area contributed by atoms with Crippen molar-refractivity contribution in [3.05, 3.63) is 52.3 Å². The van der Waals surface area contributed by atoms with Crippen LogP contribution in [0.4, 0.5) is 8.78 Å². The fourth-order valence-corrected chi connectivity index (χ4v) is 1.93. The van der Waals surface area contributed by atoms with Gasteiger partial charge in [0.2, 0.25) is 5.95 Å². The second kappa shape index (κ2) is 4.29. The van der Waals surface area contributed by atoms with Gasteiger partial charge in [-0.15, -0.1) is 0 Å². The molecule has 0 unspecified atom stereocenters. The minimum Gasteiger partial charge on any atom is -0.228 e. The van der Waals surface area contributed by atoms with E-state index in [0.29, 0.717) is 10.0 Å². The maximum atomic E-state index is 13.5. The maximum absolute atomic E-state index is 13.5. The summed E-state index contributed by atoms with van der Waals surface area (Å²) in [5.74, 6) is -1.41. The van der Waals surface area contributed by atoms with Crippen molar-refractivity contribution < 1.29 is 8.78 Å². The van der Waals surface area contributed by atoms with E-state index in [1.807, 2.05) is 13.0 Å². The molecule has 0 atom stereocenters. The van der Waals surface area contributed by atoms with Gasteiger partial charge in [0, 0.05) is 16.2 Å². The van der Waals surface area contributed by atoms with Gasteiger partial charge in [0.15, 0.2) is 0 Å². The van der Waals surface area contributed by atoms with Gasteiger partial charge in [0.05, 0.1) is 5.56 Å². The zero-order valence-corrected chi connectivity index (χ0v) is 10.1. The Morgan fingerprint density at radius 3 is 2.62 bits per heavy atom. The highest BCUT2D eigenvalue weighted by Crippen LogP contribution is 2.32. The van der Waals surface area contributed by atoms with Gasteiger partial charge in [-0.3, -0.25) is 0 Å². The quantitative estimate of drug-likeness (QED) is 0.718. The Bertz CT molecular complexity index is 520. The first-order chi connectivity index (χ1) is 7.59. The zero-order chi connectivity index (χ0) is 11.7. The highest BCUT2D eigenvalue weighted by atomic mass is 79.9. The Labute approximate surface area is 100 Å². The molecular weight excluding hydrogens is 276 g/mol. The van der Waals surface area contributed by atoms with E-state index in [2.05, 4.69) is 20.9 Å². The Kier molecular flexibility index (Phi) is 3.01. The molecule has 16 heavy (non-hydrogen) atoms. The summed E-state index contributed by atoms with van der Waals surface area (Å²) in [5.41, 5.74) is 1.31. The summed E-state index contributed by atoms with van der Waals surface area (Å²) in [5, 5.41) is 0. The molecule has 0 radical (unpaired) electrons. The SMILES string of the molecule is Cc1ccc(Br)c(-c2c(F)ccnc2F)c1. The van der Waals surface area contributed by atoms with Crippen molar-refractivity contribution in [3.8, 4) is 11.1 Å². The van der Waals surface area contributed by atoms with Gasteiger partial charge < -0.3 is 0 Å². The predicted molar refractivity (Wildman–Crippen MR) is 62.0 cm³/mol. The van der Waals surface area contributed by atoms with Crippen LogP contribution in [0, 0.1) is 18.7 Å². The highest BCUT2D eigenvalue weighted by Gasteiger charge is 2.14. The van der Waals surface area contributed by atoms with Crippen molar-refractivity contribution in [1.29, 1.82) is 0 Å². The zero-order valence-electron chi connectivity index (χ0n) is 8.47. The van der Waals surface area contributed by atoms with Gasteiger partial charge in [-0.2, -0.15) is 4.39 Å². The minimum absolute atomic E-state index is 0.0990. The van der Waals surface area contributed by atoms with E-state index in [4.69, 9.17) is 0 Å². The van der Waals surface area contributed by atoms with Crippen LogP contribution in [0.15, 0.2) is 34.9 Å². The van der Waals surface area contributed by atoms with Crippen LogP contribution in [0.3, 0.4) is 0 Å². The molecule has 2 aromatic rings. The van der Waals surface area contributed by atoms with E-state index in [0.717, 1.165) is 17.8 Å². The Balaban J connectivity index is 2.72. The van der Waals surface area contributed by atoms with Gasteiger partial charge in [-0.1, -0.05) is 33.6 Å². The molecule has 0 N–H and O–H groups in total. The predicted octanol–water partition coefficient (Wildman–Crippen LogP) is 4.10. The van der Waals surface area contributed by atoms with Gasteiger partial charge >= 0.3 is 0 Å². The number of halogens is 3. The monoisotopic (exact) mass is 283 g/mol. The lowest BCUT2D eigenvalue weighted by molar-refractivity contribution is 0.558. The first kappa shape index (κ1) is 11.2. The maximum Gasteiger partial charge on any atom is 0.223 e. The molecule has 0 aliphatic carbocycles. The molecule has 0 saturated heterocycles. The normalized spacial score (nSPS) is 10.5. The molecule has 1 aromatic carbocycles. The van der Waals surface area contributed by atoms with E-state index in [1.165, 1.54) is 0 Å². The number of benzene rings is 1. The average molecular weight is 284 g/mol. The van der Waals surface area contributed by atoms with Crippen LogP contribution in [-0.4, -0.2) is 4.98 Å². The van der Waals surface area contributed by atoms with Crippen molar-refractivity contribution in [2.24, 2.45) is 0 Å². The van der Waals surface area contributed by atoms with E-state index in [-0.39, 0.29) is 5.56 Å². The van der Waals surface area contributed by atoms with Crippen LogP contribution in [0.25, 0.3) is 11.1 Å². The Morgan fingerprint density at radius 2 is 1.94 bits per heavy atom. The first-order valence-corrected chi connectivity index (χ1v) is 5.45. The summed E-state index contributed by atoms with van der Waals surface area (Å²) in [6.45, 7) is 1.86. The lowest BCUT2D eigenvalue weighted by Gasteiger charge is -2.07. The van der Waals surface area contributed by atoms with Crippen LogP contribution < -0.4 is 0 Å². The molecule has 82 valence electrons. The molecule has 0 aliphatic rings. The minimum atomic E-state index is -0.800. The van der Waals surface area contributed by atoms with Crippen LogP contribution >= 0.6 is 15.9 Å². The second-order valence-electron chi connectivity index (χ2n) is 3.44. The third-order valence-electron chi connectivity index (χ3n) is 2.25. The van der Waals surface area contributed by atoms with Crippen LogP contribution in [0.2, 0.25) is 0 Å². The Hall–Kier alpha value is -1.29. The van der Waals surface area contributed by atoms with E-state index < -0.39 is 11.8 Å². The third-order valence-corrected chi connectivity index (χ3v) is 2.94. The molecule has 2 rings (SSSR count). The molecule has 4 heteroatoms. The first-order valence-electron chi connectivity index (χ1n) is 4.66. The van der Waals surface area contributed by atoms with Crippen molar-refractivity contribution in [3.63, 3.8) is 0 Å². The smallest absolute Gasteiger partial charge is 0.223 e. The number of hydrogen-bond acceptors (Lipinski definition) is 1. The highest BCUT2D eigenvalue weighted by molar-refractivity contribution is 9.10. The number of aromatic nitrogens is 1. The topological polar surface area (TPSA) is 12.9 Å². The number of rotatable bonds is 1. The summed E-state index contributed by atoms with van der Waals surface area (Å²) in [4.78, 5) is 3.46. The molecule has 0 bridgehead atoms. The van der Waals surface area contributed by atoms with Gasteiger partial charge in [-0.25, -0.2) is 9.37 Å². The average Bonchev–Trinajstić information content (AvgIpc) is 2.23. The molecule has 1 nitrogen and oxygen atoms in total. The van der Waals surface area contributed by atoms with Crippen LogP contribution in [0.1, 0.15) is 5.56 Å². The fraction of sp³-hybridized carbons (Fsp3) is 0.0833. The third kappa shape index (κ3) is 1.97. The van der Waals surface area contributed by atoms with Crippen LogP contribution in [0.5, 0.6) is 0 Å². The molecule has 0 spiro atoms. The summed E-state index contributed by atoms with van der Waals surface area (Å²) in [7, 11) is 0. The molecule has 0 saturated carbocycles. The van der Waals surface area contributed by atoms with E-state index in [9.17, 15) is 8.78 Å². The molecule has 1 aromatic heterocycles. The van der Waals surface area contributed by atoms with Gasteiger partial charge in [0.1, 0.15) is 5.82 Å². The lowest BCUT2D eigenvalue weighted by atomic mass is 10.0. The number of hydrogen-bond donors (Lipinski definition) is 0. The van der Waals surface area contributed by atoms with Crippen LogP contribution in [-0.2, 0) is 0 Å². The summed E-state index contributed by atoms with van der Waals surface area (Å²) < 4.78 is 27.7. The van der Waals surface area contributed by atoms with Crippen molar-refractivity contribution >= 4 is 15.9 Å². The summed E-state index contributed by atoms with van der Waals surface area (Å²) in [6, 6.07) is 6.48. The number of aryl methyl sites for hydroxylation is 1. The Morgan fingerprint density at radius 1 is 1.19 bits per heavy atom. The van der Waals surface area contributed by atoms with Crippen molar-refractivity contribution in [2.75, 3.05) is 0 Å². The number of pyridine rings is 1. The molecule has 0 amide bonds. The molecule has 0 fully saturated rings. The van der Waals surface area contributed by atoms with E-state index >= 15 is 0 Å². The van der Waals surface area contributed by atoms with E-state index in [1.54, 1.807) is 12.1 Å². The van der Waals surface area contributed by atoms with Gasteiger partial charge in [0.25, 0.3) is 0 Å². The number of nitrogens with zero attached hydrogens (tertiary/aromatic N) is 1. The lowest BCUT2D eigenvalue weighted by Crippen LogP contribution is -1.94. The molecular formula is C12H8BrF2N.